The molecule has 7 nitrogen and oxygen atoms in total. The minimum absolute atomic E-state index is 0.0714. The molecule has 0 aliphatic carbocycles. The first-order chi connectivity index (χ1) is 13.6. The van der Waals surface area contributed by atoms with Gasteiger partial charge in [0.05, 0.1) is 36.6 Å². The molecule has 2 heterocycles. The van der Waals surface area contributed by atoms with Gasteiger partial charge in [-0.3, -0.25) is 14.6 Å². The van der Waals surface area contributed by atoms with Crippen LogP contribution in [0.1, 0.15) is 16.1 Å². The quantitative estimate of drug-likeness (QED) is 0.332. The van der Waals surface area contributed by atoms with Crippen molar-refractivity contribution in [2.75, 3.05) is 18.5 Å². The monoisotopic (exact) mass is 382 g/mol. The zero-order valence-electron chi connectivity index (χ0n) is 15.2. The highest BCUT2D eigenvalue weighted by Crippen LogP contribution is 2.34. The number of terminal acetylenes is 1. The number of nitrogens with one attached hydrogen (secondary N) is 2. The van der Waals surface area contributed by atoms with Crippen LogP contribution in [0.2, 0.25) is 0 Å². The van der Waals surface area contributed by atoms with Crippen molar-refractivity contribution in [3.63, 3.8) is 0 Å². The van der Waals surface area contributed by atoms with Gasteiger partial charge in [-0.15, -0.1) is 6.42 Å². The molecular weight excluding hydrogens is 363 g/mol. The van der Waals surface area contributed by atoms with Gasteiger partial charge in [0.25, 0.3) is 5.91 Å². The number of hydrogen-bond donors (Lipinski definition) is 3. The van der Waals surface area contributed by atoms with Crippen LogP contribution in [-0.4, -0.2) is 33.8 Å². The van der Waals surface area contributed by atoms with E-state index in [1.54, 1.807) is 42.1 Å². The summed E-state index contributed by atoms with van der Waals surface area (Å²) in [5.41, 5.74) is 4.43. The van der Waals surface area contributed by atoms with Crippen molar-refractivity contribution in [2.24, 2.45) is 0 Å². The van der Waals surface area contributed by atoms with Gasteiger partial charge in [0.15, 0.2) is 0 Å². The molecule has 0 saturated heterocycles. The van der Waals surface area contributed by atoms with Gasteiger partial charge < -0.3 is 15.0 Å². The van der Waals surface area contributed by atoms with Gasteiger partial charge >= 0.3 is 0 Å². The fourth-order valence-electron chi connectivity index (χ4n) is 2.88. The highest BCUT2D eigenvalue weighted by Gasteiger charge is 2.24. The Morgan fingerprint density at radius 3 is 2.96 bits per heavy atom. The molecule has 0 fully saturated rings. The van der Waals surface area contributed by atoms with E-state index >= 15 is 0 Å². The molecule has 2 aromatic heterocycles. The summed E-state index contributed by atoms with van der Waals surface area (Å²) in [6, 6.07) is 6.46. The number of aliphatic hydroxyl groups is 1. The van der Waals surface area contributed by atoms with Crippen molar-refractivity contribution in [1.82, 2.24) is 15.0 Å². The number of carbonyl (C=O) groups is 1. The molecule has 8 heteroatoms. The number of pyridine rings is 1. The van der Waals surface area contributed by atoms with Crippen LogP contribution in [0, 0.1) is 25.1 Å². The average molecular weight is 382 g/mol. The van der Waals surface area contributed by atoms with E-state index in [-0.39, 0.29) is 31.1 Å². The van der Waals surface area contributed by atoms with E-state index in [0.29, 0.717) is 16.6 Å². The zero-order valence-corrected chi connectivity index (χ0v) is 15.2. The fraction of sp³-hybridized carbons (Fsp3) is 0.200. The number of fused-ring (bicyclic) bond motifs is 1. The Bertz CT molecular complexity index is 1060. The number of nitrogens with zero attached hydrogens (tertiary/aromatic N) is 2. The van der Waals surface area contributed by atoms with E-state index in [1.165, 1.54) is 6.07 Å². The molecule has 1 aromatic carbocycles. The third-order valence-corrected chi connectivity index (χ3v) is 4.07. The van der Waals surface area contributed by atoms with Gasteiger partial charge in [0, 0.05) is 17.8 Å². The molecule has 3 rings (SSSR count). The third kappa shape index (κ3) is 3.81. The van der Waals surface area contributed by atoms with Gasteiger partial charge in [-0.05, 0) is 30.7 Å². The van der Waals surface area contributed by atoms with Crippen LogP contribution in [0.4, 0.5) is 15.8 Å². The van der Waals surface area contributed by atoms with Gasteiger partial charge in [-0.25, -0.2) is 9.87 Å². The van der Waals surface area contributed by atoms with Crippen molar-refractivity contribution >= 4 is 28.2 Å². The summed E-state index contributed by atoms with van der Waals surface area (Å²) in [4.78, 5) is 21.8. The van der Waals surface area contributed by atoms with E-state index in [4.69, 9.17) is 16.4 Å². The van der Waals surface area contributed by atoms with Gasteiger partial charge in [0.1, 0.15) is 11.5 Å². The number of aromatic nitrogens is 2. The largest absolute Gasteiger partial charge is 0.394 e. The van der Waals surface area contributed by atoms with Crippen LogP contribution in [0.15, 0.2) is 36.7 Å². The van der Waals surface area contributed by atoms with Gasteiger partial charge in [-0.1, -0.05) is 12.0 Å². The lowest BCUT2D eigenvalue weighted by Crippen LogP contribution is -2.28. The van der Waals surface area contributed by atoms with Crippen molar-refractivity contribution in [3.05, 3.63) is 53.7 Å². The first kappa shape index (κ1) is 19.4. The predicted molar refractivity (Wildman–Crippen MR) is 103 cm³/mol. The summed E-state index contributed by atoms with van der Waals surface area (Å²) in [6.07, 6.45) is 8.63. The van der Waals surface area contributed by atoms with E-state index in [0.717, 1.165) is 5.56 Å². The zero-order chi connectivity index (χ0) is 20.1. The maximum Gasteiger partial charge on any atom is 0.293 e. The Labute approximate surface area is 161 Å². The molecule has 1 amide bonds. The molecule has 0 radical (unpaired) electrons. The number of anilines is 2. The number of carbonyl (C=O) groups excluding carboxylic acids is 1. The van der Waals surface area contributed by atoms with Crippen molar-refractivity contribution in [1.29, 1.82) is 0 Å². The standard InChI is InChI=1S/C20H19FN4O3/c1-3-8-25-17-6-7-22-12-14(17)18(19(25)20(27)24-28-10-9-26)23-16-5-4-13(2)11-15(16)21/h1,4-7,11-12,23,26H,8-10H2,2H3,(H,24,27). The van der Waals surface area contributed by atoms with Crippen molar-refractivity contribution in [3.8, 4) is 12.3 Å². The summed E-state index contributed by atoms with van der Waals surface area (Å²) in [6.45, 7) is 1.57. The summed E-state index contributed by atoms with van der Waals surface area (Å²) in [5, 5.41) is 12.4. The Morgan fingerprint density at radius 1 is 1.43 bits per heavy atom. The summed E-state index contributed by atoms with van der Waals surface area (Å²) < 4.78 is 16.0. The number of aliphatic hydroxyl groups excluding tert-OH is 1. The Morgan fingerprint density at radius 2 is 2.25 bits per heavy atom. The van der Waals surface area contributed by atoms with Crippen molar-refractivity contribution in [2.45, 2.75) is 13.5 Å². The number of rotatable bonds is 7. The molecule has 28 heavy (non-hydrogen) atoms. The second-order valence-electron chi connectivity index (χ2n) is 6.02. The molecular formula is C20H19FN4O3. The molecule has 0 atom stereocenters. The van der Waals surface area contributed by atoms with E-state index in [9.17, 15) is 9.18 Å². The number of aryl methyl sites for hydroxylation is 1. The minimum Gasteiger partial charge on any atom is -0.394 e. The Hall–Kier alpha value is -3.41. The lowest BCUT2D eigenvalue weighted by molar-refractivity contribution is 0.0163. The summed E-state index contributed by atoms with van der Waals surface area (Å²) >= 11 is 0. The highest BCUT2D eigenvalue weighted by atomic mass is 19.1. The minimum atomic E-state index is -0.588. The SMILES string of the molecule is C#CCn1c(C(=O)NOCCO)c(Nc2ccc(C)cc2F)c2cnccc21. The first-order valence-corrected chi connectivity index (χ1v) is 8.52. The predicted octanol–water partition coefficient (Wildman–Crippen LogP) is 2.51. The number of hydroxylamine groups is 1. The van der Waals surface area contributed by atoms with E-state index in [1.807, 2.05) is 0 Å². The molecule has 0 aliphatic rings. The van der Waals surface area contributed by atoms with Crippen LogP contribution >= 0.6 is 0 Å². The topological polar surface area (TPSA) is 88.4 Å². The van der Waals surface area contributed by atoms with Crippen LogP contribution < -0.4 is 10.8 Å². The van der Waals surface area contributed by atoms with Crippen LogP contribution in [-0.2, 0) is 11.4 Å². The second kappa shape index (κ2) is 8.52. The third-order valence-electron chi connectivity index (χ3n) is 4.07. The summed E-state index contributed by atoms with van der Waals surface area (Å²) in [7, 11) is 0. The van der Waals surface area contributed by atoms with E-state index in [2.05, 4.69) is 21.7 Å². The maximum absolute atomic E-state index is 14.4. The molecule has 144 valence electrons. The maximum atomic E-state index is 14.4. The normalized spacial score (nSPS) is 10.6. The van der Waals surface area contributed by atoms with Crippen LogP contribution in [0.25, 0.3) is 10.9 Å². The lowest BCUT2D eigenvalue weighted by atomic mass is 10.2. The molecule has 3 N–H and O–H groups in total. The first-order valence-electron chi connectivity index (χ1n) is 8.52. The molecule has 0 unspecified atom stereocenters. The lowest BCUT2D eigenvalue weighted by Gasteiger charge is -2.12. The van der Waals surface area contributed by atoms with Gasteiger partial charge in [0.2, 0.25) is 0 Å². The smallest absolute Gasteiger partial charge is 0.293 e. The highest BCUT2D eigenvalue weighted by molar-refractivity contribution is 6.09. The molecule has 3 aromatic rings. The van der Waals surface area contributed by atoms with Crippen LogP contribution in [0.3, 0.4) is 0 Å². The fourth-order valence-corrected chi connectivity index (χ4v) is 2.88. The molecule has 0 aliphatic heterocycles. The number of benzene rings is 1. The van der Waals surface area contributed by atoms with Crippen LogP contribution in [0.5, 0.6) is 0 Å². The van der Waals surface area contributed by atoms with E-state index < -0.39 is 11.7 Å². The average Bonchev–Trinajstić information content (AvgIpc) is 2.98. The number of hydrogen-bond acceptors (Lipinski definition) is 5. The van der Waals surface area contributed by atoms with Crippen molar-refractivity contribution < 1.29 is 19.1 Å². The van der Waals surface area contributed by atoms with Gasteiger partial charge in [-0.2, -0.15) is 0 Å². The number of amides is 1. The Balaban J connectivity index is 2.14. The Kier molecular flexibility index (Phi) is 5.89. The summed E-state index contributed by atoms with van der Waals surface area (Å²) in [5.74, 6) is 1.47. The number of halogens is 1. The molecule has 0 saturated carbocycles. The molecule has 0 spiro atoms. The molecule has 0 bridgehead atoms. The second-order valence-corrected chi connectivity index (χ2v) is 6.02.